The molecule has 0 spiro atoms. The standard InChI is InChI=1S/C19H16ClF/c1-12-9-17(21)10-13(2)18(12)19(20)16-8-7-14-5-3-4-6-15(14)11-16/h3-11,19H,1-2H3. The lowest BCUT2D eigenvalue weighted by Gasteiger charge is -2.17. The van der Waals surface area contributed by atoms with Crippen LogP contribution in [0.2, 0.25) is 0 Å². The lowest BCUT2D eigenvalue weighted by atomic mass is 9.94. The van der Waals surface area contributed by atoms with Crippen LogP contribution in [0, 0.1) is 19.7 Å². The molecule has 0 saturated heterocycles. The smallest absolute Gasteiger partial charge is 0.123 e. The Balaban J connectivity index is 2.10. The largest absolute Gasteiger partial charge is 0.207 e. The molecule has 0 nitrogen and oxygen atoms in total. The molecule has 0 aromatic heterocycles. The number of hydrogen-bond acceptors (Lipinski definition) is 0. The second kappa shape index (κ2) is 5.50. The summed E-state index contributed by atoms with van der Waals surface area (Å²) in [5.74, 6) is -0.212. The Kier molecular flexibility index (Phi) is 3.69. The molecule has 0 aliphatic heterocycles. The number of aryl methyl sites for hydroxylation is 2. The Morgan fingerprint density at radius 1 is 0.857 bits per heavy atom. The van der Waals surface area contributed by atoms with Crippen molar-refractivity contribution >= 4 is 22.4 Å². The van der Waals surface area contributed by atoms with Gasteiger partial charge in [0.15, 0.2) is 0 Å². The third kappa shape index (κ3) is 2.66. The van der Waals surface area contributed by atoms with Crippen LogP contribution in [0.1, 0.15) is 27.6 Å². The van der Waals surface area contributed by atoms with E-state index < -0.39 is 0 Å². The summed E-state index contributed by atoms with van der Waals surface area (Å²) in [6.45, 7) is 3.81. The maximum atomic E-state index is 13.4. The highest BCUT2D eigenvalue weighted by Gasteiger charge is 2.17. The van der Waals surface area contributed by atoms with Crippen molar-refractivity contribution in [3.05, 3.63) is 82.7 Å². The van der Waals surface area contributed by atoms with Gasteiger partial charge in [0.05, 0.1) is 5.38 Å². The highest BCUT2D eigenvalue weighted by Crippen LogP contribution is 2.35. The molecule has 106 valence electrons. The molecule has 3 aromatic rings. The van der Waals surface area contributed by atoms with Gasteiger partial charge < -0.3 is 0 Å². The van der Waals surface area contributed by atoms with E-state index in [0.717, 1.165) is 27.6 Å². The minimum atomic E-state index is -0.268. The normalized spacial score (nSPS) is 12.6. The number of rotatable bonds is 2. The SMILES string of the molecule is Cc1cc(F)cc(C)c1C(Cl)c1ccc2ccccc2c1. The molecule has 1 unspecified atom stereocenters. The van der Waals surface area contributed by atoms with Crippen LogP contribution in [0.3, 0.4) is 0 Å². The summed E-state index contributed by atoms with van der Waals surface area (Å²) in [4.78, 5) is 0. The van der Waals surface area contributed by atoms with Crippen LogP contribution < -0.4 is 0 Å². The van der Waals surface area contributed by atoms with Gasteiger partial charge in [0, 0.05) is 0 Å². The second-order valence-corrected chi connectivity index (χ2v) is 5.86. The van der Waals surface area contributed by atoms with Crippen LogP contribution in [0.5, 0.6) is 0 Å². The topological polar surface area (TPSA) is 0 Å². The molecule has 0 bridgehead atoms. The summed E-state index contributed by atoms with van der Waals surface area (Å²) in [5.41, 5.74) is 3.81. The van der Waals surface area contributed by atoms with Crippen LogP contribution in [-0.2, 0) is 0 Å². The summed E-state index contributed by atoms with van der Waals surface area (Å²) in [6, 6.07) is 17.5. The molecule has 0 fully saturated rings. The predicted octanol–water partition coefficient (Wildman–Crippen LogP) is 5.92. The Morgan fingerprint density at radius 3 is 2.14 bits per heavy atom. The summed E-state index contributed by atoms with van der Waals surface area (Å²) in [7, 11) is 0. The quantitative estimate of drug-likeness (QED) is 0.515. The molecule has 0 N–H and O–H groups in total. The Hall–Kier alpha value is -1.86. The van der Waals surface area contributed by atoms with Crippen molar-refractivity contribution in [2.75, 3.05) is 0 Å². The van der Waals surface area contributed by atoms with Gasteiger partial charge in [0.25, 0.3) is 0 Å². The first kappa shape index (κ1) is 14.1. The van der Waals surface area contributed by atoms with Crippen molar-refractivity contribution in [2.45, 2.75) is 19.2 Å². The Morgan fingerprint density at radius 2 is 1.48 bits per heavy atom. The van der Waals surface area contributed by atoms with Crippen LogP contribution >= 0.6 is 11.6 Å². The van der Waals surface area contributed by atoms with Crippen molar-refractivity contribution in [3.63, 3.8) is 0 Å². The molecule has 0 heterocycles. The summed E-state index contributed by atoms with van der Waals surface area (Å²) in [5, 5.41) is 2.09. The van der Waals surface area contributed by atoms with E-state index in [1.807, 2.05) is 32.0 Å². The van der Waals surface area contributed by atoms with Crippen molar-refractivity contribution in [1.29, 1.82) is 0 Å². The molecule has 0 saturated carbocycles. The summed E-state index contributed by atoms with van der Waals surface area (Å²) < 4.78 is 13.4. The predicted molar refractivity (Wildman–Crippen MR) is 87.5 cm³/mol. The van der Waals surface area contributed by atoms with Crippen LogP contribution in [0.25, 0.3) is 10.8 Å². The van der Waals surface area contributed by atoms with E-state index in [1.165, 1.54) is 5.39 Å². The van der Waals surface area contributed by atoms with Gasteiger partial charge in [0.2, 0.25) is 0 Å². The summed E-state index contributed by atoms with van der Waals surface area (Å²) in [6.07, 6.45) is 0. The lowest BCUT2D eigenvalue weighted by molar-refractivity contribution is 0.624. The molecule has 2 heteroatoms. The first-order chi connectivity index (χ1) is 10.1. The molecule has 3 rings (SSSR count). The summed E-state index contributed by atoms with van der Waals surface area (Å²) >= 11 is 6.67. The van der Waals surface area contributed by atoms with Gasteiger partial charge in [-0.05, 0) is 65.1 Å². The van der Waals surface area contributed by atoms with Gasteiger partial charge in [-0.25, -0.2) is 4.39 Å². The van der Waals surface area contributed by atoms with Crippen molar-refractivity contribution in [2.24, 2.45) is 0 Å². The molecule has 0 aliphatic carbocycles. The molecule has 21 heavy (non-hydrogen) atoms. The molecular formula is C19H16ClF. The molecule has 0 radical (unpaired) electrons. The maximum absolute atomic E-state index is 13.4. The molecule has 0 amide bonds. The van der Waals surface area contributed by atoms with Crippen LogP contribution in [0.4, 0.5) is 4.39 Å². The molecule has 1 atom stereocenters. The van der Waals surface area contributed by atoms with Gasteiger partial charge in [-0.1, -0.05) is 36.4 Å². The minimum absolute atomic E-state index is 0.212. The maximum Gasteiger partial charge on any atom is 0.123 e. The fourth-order valence-corrected chi connectivity index (χ4v) is 3.33. The fraction of sp³-hybridized carbons (Fsp3) is 0.158. The number of fused-ring (bicyclic) bond motifs is 1. The zero-order chi connectivity index (χ0) is 15.0. The highest BCUT2D eigenvalue weighted by atomic mass is 35.5. The Labute approximate surface area is 129 Å². The lowest BCUT2D eigenvalue weighted by Crippen LogP contribution is -2.00. The molecular weight excluding hydrogens is 283 g/mol. The average molecular weight is 299 g/mol. The van der Waals surface area contributed by atoms with Crippen LogP contribution in [-0.4, -0.2) is 0 Å². The van der Waals surface area contributed by atoms with Crippen molar-refractivity contribution < 1.29 is 4.39 Å². The third-order valence-corrected chi connectivity index (χ3v) is 4.35. The second-order valence-electron chi connectivity index (χ2n) is 5.42. The zero-order valence-electron chi connectivity index (χ0n) is 12.0. The monoisotopic (exact) mass is 298 g/mol. The fourth-order valence-electron chi connectivity index (χ4n) is 2.85. The molecule has 0 aliphatic rings. The van der Waals surface area contributed by atoms with Gasteiger partial charge in [-0.15, -0.1) is 11.6 Å². The van der Waals surface area contributed by atoms with Crippen LogP contribution in [0.15, 0.2) is 54.6 Å². The van der Waals surface area contributed by atoms with Crippen molar-refractivity contribution in [1.82, 2.24) is 0 Å². The van der Waals surface area contributed by atoms with E-state index in [9.17, 15) is 4.39 Å². The minimum Gasteiger partial charge on any atom is -0.207 e. The van der Waals surface area contributed by atoms with E-state index in [0.29, 0.717) is 0 Å². The first-order valence-corrected chi connectivity index (χ1v) is 7.39. The van der Waals surface area contributed by atoms with E-state index >= 15 is 0 Å². The zero-order valence-corrected chi connectivity index (χ0v) is 12.8. The van der Waals surface area contributed by atoms with E-state index in [-0.39, 0.29) is 11.2 Å². The van der Waals surface area contributed by atoms with Gasteiger partial charge >= 0.3 is 0 Å². The highest BCUT2D eigenvalue weighted by molar-refractivity contribution is 6.23. The van der Waals surface area contributed by atoms with E-state index in [4.69, 9.17) is 11.6 Å². The first-order valence-electron chi connectivity index (χ1n) is 6.95. The van der Waals surface area contributed by atoms with E-state index in [2.05, 4.69) is 24.3 Å². The molecule has 3 aromatic carbocycles. The average Bonchev–Trinajstić information content (AvgIpc) is 2.45. The number of halogens is 2. The Bertz CT molecular complexity index is 785. The van der Waals surface area contributed by atoms with E-state index in [1.54, 1.807) is 12.1 Å². The van der Waals surface area contributed by atoms with Gasteiger partial charge in [-0.2, -0.15) is 0 Å². The van der Waals surface area contributed by atoms with Gasteiger partial charge in [-0.3, -0.25) is 0 Å². The number of benzene rings is 3. The van der Waals surface area contributed by atoms with Gasteiger partial charge in [0.1, 0.15) is 5.82 Å². The number of alkyl halides is 1. The van der Waals surface area contributed by atoms with Crippen molar-refractivity contribution in [3.8, 4) is 0 Å². The third-order valence-electron chi connectivity index (χ3n) is 3.88. The number of hydrogen-bond donors (Lipinski definition) is 0.